The number of fused-ring (bicyclic) bond motifs is 1. The van der Waals surface area contributed by atoms with Crippen LogP contribution in [0, 0.1) is 29.3 Å². The lowest BCUT2D eigenvalue weighted by Gasteiger charge is -2.36. The summed E-state index contributed by atoms with van der Waals surface area (Å²) >= 11 is 0. The molecule has 2 aliphatic carbocycles. The predicted molar refractivity (Wildman–Crippen MR) is 143 cm³/mol. The van der Waals surface area contributed by atoms with Crippen LogP contribution in [0.1, 0.15) is 78.7 Å². The lowest BCUT2D eigenvalue weighted by molar-refractivity contribution is -0.000426. The molecule has 0 bridgehead atoms. The fourth-order valence-electron chi connectivity index (χ4n) is 6.13. The molecule has 2 heterocycles. The third-order valence-corrected chi connectivity index (χ3v) is 8.51. The number of anilines is 3. The molecule has 212 valence electrons. The van der Waals surface area contributed by atoms with E-state index in [0.29, 0.717) is 35.7 Å². The van der Waals surface area contributed by atoms with Gasteiger partial charge < -0.3 is 20.8 Å². The van der Waals surface area contributed by atoms with Crippen LogP contribution >= 0.6 is 0 Å². The SMILES string of the molecule is CC(C)(O)[C@@H]1CCC(n2c(Nc3c(F)cc(F)cc3F)nc3cnc(N[C@H]4CC[C@H](C(C)(C)O)CC4)nc32)C1. The number of nitrogens with zero attached hydrogens (tertiary/aromatic N) is 4. The molecule has 2 fully saturated rings. The lowest BCUT2D eigenvalue weighted by atomic mass is 9.77. The van der Waals surface area contributed by atoms with Crippen molar-refractivity contribution in [3.05, 3.63) is 35.8 Å². The third kappa shape index (κ3) is 5.84. The van der Waals surface area contributed by atoms with Crippen LogP contribution < -0.4 is 10.6 Å². The fraction of sp³-hybridized carbons (Fsp3) is 0.607. The first-order valence-electron chi connectivity index (χ1n) is 13.7. The van der Waals surface area contributed by atoms with E-state index in [1.807, 2.05) is 18.4 Å². The van der Waals surface area contributed by atoms with E-state index in [9.17, 15) is 23.4 Å². The van der Waals surface area contributed by atoms with Gasteiger partial charge in [-0.3, -0.25) is 4.57 Å². The zero-order chi connectivity index (χ0) is 28.1. The van der Waals surface area contributed by atoms with Gasteiger partial charge in [0, 0.05) is 24.2 Å². The van der Waals surface area contributed by atoms with Crippen LogP contribution in [-0.2, 0) is 0 Å². The summed E-state index contributed by atoms with van der Waals surface area (Å²) in [5.74, 6) is -2.27. The van der Waals surface area contributed by atoms with E-state index in [1.165, 1.54) is 0 Å². The van der Waals surface area contributed by atoms with Gasteiger partial charge in [0.05, 0.1) is 17.4 Å². The van der Waals surface area contributed by atoms with Crippen molar-refractivity contribution in [1.82, 2.24) is 19.5 Å². The van der Waals surface area contributed by atoms with Gasteiger partial charge in [-0.15, -0.1) is 0 Å². The van der Waals surface area contributed by atoms with Gasteiger partial charge in [0.15, 0.2) is 17.3 Å². The molecule has 1 unspecified atom stereocenters. The Morgan fingerprint density at radius 3 is 2.08 bits per heavy atom. The van der Waals surface area contributed by atoms with E-state index in [2.05, 4.69) is 20.6 Å². The summed E-state index contributed by atoms with van der Waals surface area (Å²) in [5, 5.41) is 27.1. The molecule has 8 nitrogen and oxygen atoms in total. The number of hydrogen-bond donors (Lipinski definition) is 4. The Kier molecular flexibility index (Phi) is 7.26. The number of imidazole rings is 1. The Morgan fingerprint density at radius 1 is 0.872 bits per heavy atom. The minimum absolute atomic E-state index is 0.0255. The van der Waals surface area contributed by atoms with Crippen LogP contribution in [0.15, 0.2) is 18.3 Å². The molecule has 1 aromatic carbocycles. The van der Waals surface area contributed by atoms with Crippen molar-refractivity contribution in [1.29, 1.82) is 0 Å². The second kappa shape index (κ2) is 10.2. The van der Waals surface area contributed by atoms with E-state index in [1.54, 1.807) is 20.0 Å². The Labute approximate surface area is 226 Å². The molecule has 2 saturated carbocycles. The molecule has 4 N–H and O–H groups in total. The molecule has 2 atom stereocenters. The van der Waals surface area contributed by atoms with E-state index < -0.39 is 34.3 Å². The molecular weight excluding hydrogens is 509 g/mol. The normalized spacial score (nSPS) is 24.3. The highest BCUT2D eigenvalue weighted by molar-refractivity contribution is 5.76. The Balaban J connectivity index is 1.47. The van der Waals surface area contributed by atoms with Gasteiger partial charge in [0.25, 0.3) is 0 Å². The summed E-state index contributed by atoms with van der Waals surface area (Å²) in [4.78, 5) is 13.8. The standard InChI is InChI=1S/C28H37F3N6O2/c1-27(2,38)15-5-8-18(9-6-15)33-25-32-14-22-24(36-25)37(19-10-7-16(11-19)28(3,4)39)26(34-22)35-23-20(30)12-17(29)13-21(23)31/h12-16,18-19,38-39H,5-11H2,1-4H3,(H,34,35)(H,32,33,36)/t15-,16-,18-,19?/m1/s1. The molecule has 0 spiro atoms. The van der Waals surface area contributed by atoms with Crippen molar-refractivity contribution in [2.75, 3.05) is 10.6 Å². The van der Waals surface area contributed by atoms with E-state index in [-0.39, 0.29) is 29.9 Å². The van der Waals surface area contributed by atoms with Crippen molar-refractivity contribution >= 4 is 28.7 Å². The maximum absolute atomic E-state index is 14.5. The molecule has 0 amide bonds. The summed E-state index contributed by atoms with van der Waals surface area (Å²) < 4.78 is 44.4. The van der Waals surface area contributed by atoms with Crippen molar-refractivity contribution in [2.45, 2.75) is 95.9 Å². The summed E-state index contributed by atoms with van der Waals surface area (Å²) in [7, 11) is 0. The second-order valence-electron chi connectivity index (χ2n) is 12.2. The summed E-state index contributed by atoms with van der Waals surface area (Å²) in [5.41, 5.74) is -1.13. The van der Waals surface area contributed by atoms with Crippen molar-refractivity contribution in [3.63, 3.8) is 0 Å². The Morgan fingerprint density at radius 2 is 1.49 bits per heavy atom. The zero-order valence-corrected chi connectivity index (χ0v) is 22.8. The van der Waals surface area contributed by atoms with E-state index >= 15 is 0 Å². The smallest absolute Gasteiger partial charge is 0.224 e. The maximum Gasteiger partial charge on any atom is 0.224 e. The number of halogens is 3. The maximum atomic E-state index is 14.5. The first-order chi connectivity index (χ1) is 18.3. The second-order valence-corrected chi connectivity index (χ2v) is 12.2. The number of aliphatic hydroxyl groups is 2. The predicted octanol–water partition coefficient (Wildman–Crippen LogP) is 5.84. The van der Waals surface area contributed by atoms with E-state index in [4.69, 9.17) is 4.98 Å². The minimum atomic E-state index is -1.07. The molecule has 0 aliphatic heterocycles. The van der Waals surface area contributed by atoms with E-state index in [0.717, 1.165) is 38.5 Å². The monoisotopic (exact) mass is 546 g/mol. The van der Waals surface area contributed by atoms with Crippen molar-refractivity contribution < 1.29 is 23.4 Å². The molecule has 3 aromatic rings. The van der Waals surface area contributed by atoms with Crippen LogP contribution in [-0.4, -0.2) is 47.0 Å². The van der Waals surface area contributed by atoms with Gasteiger partial charge >= 0.3 is 0 Å². The highest BCUT2D eigenvalue weighted by atomic mass is 19.1. The van der Waals surface area contributed by atoms with Gasteiger partial charge in [-0.1, -0.05) is 0 Å². The van der Waals surface area contributed by atoms with Gasteiger partial charge in [-0.25, -0.2) is 23.1 Å². The average molecular weight is 547 g/mol. The van der Waals surface area contributed by atoms with Crippen LogP contribution in [0.4, 0.5) is 30.8 Å². The van der Waals surface area contributed by atoms with Crippen LogP contribution in [0.3, 0.4) is 0 Å². The average Bonchev–Trinajstić information content (AvgIpc) is 3.45. The first-order valence-corrected chi connectivity index (χ1v) is 13.7. The number of nitrogens with one attached hydrogen (secondary N) is 2. The first kappa shape index (κ1) is 27.6. The van der Waals surface area contributed by atoms with Crippen LogP contribution in [0.25, 0.3) is 11.2 Å². The topological polar surface area (TPSA) is 108 Å². The highest BCUT2D eigenvalue weighted by Crippen LogP contribution is 2.43. The summed E-state index contributed by atoms with van der Waals surface area (Å²) in [6.07, 6.45) is 7.24. The third-order valence-electron chi connectivity index (χ3n) is 8.51. The zero-order valence-electron chi connectivity index (χ0n) is 22.8. The minimum Gasteiger partial charge on any atom is -0.390 e. The molecule has 0 saturated heterocycles. The molecule has 5 rings (SSSR count). The lowest BCUT2D eigenvalue weighted by Crippen LogP contribution is -2.37. The number of hydrogen-bond acceptors (Lipinski definition) is 7. The molecular formula is C28H37F3N6O2. The largest absolute Gasteiger partial charge is 0.390 e. The van der Waals surface area contributed by atoms with Crippen molar-refractivity contribution in [3.8, 4) is 0 Å². The Hall–Kier alpha value is -2.92. The fourth-order valence-corrected chi connectivity index (χ4v) is 6.13. The molecule has 2 aliphatic rings. The quantitative estimate of drug-likeness (QED) is 0.295. The Bertz CT molecular complexity index is 1320. The van der Waals surface area contributed by atoms with Gasteiger partial charge in [-0.05, 0) is 84.5 Å². The highest BCUT2D eigenvalue weighted by Gasteiger charge is 2.37. The van der Waals surface area contributed by atoms with Crippen LogP contribution in [0.2, 0.25) is 0 Å². The molecule has 2 aromatic heterocycles. The number of aromatic nitrogens is 4. The molecule has 39 heavy (non-hydrogen) atoms. The van der Waals surface area contributed by atoms with Crippen molar-refractivity contribution in [2.24, 2.45) is 11.8 Å². The number of benzene rings is 1. The van der Waals surface area contributed by atoms with Gasteiger partial charge in [0.2, 0.25) is 11.9 Å². The summed E-state index contributed by atoms with van der Waals surface area (Å²) in [6, 6.07) is 1.26. The summed E-state index contributed by atoms with van der Waals surface area (Å²) in [6.45, 7) is 7.27. The number of rotatable bonds is 7. The van der Waals surface area contributed by atoms with Crippen LogP contribution in [0.5, 0.6) is 0 Å². The molecule has 11 heteroatoms. The van der Waals surface area contributed by atoms with Gasteiger partial charge in [0.1, 0.15) is 17.0 Å². The van der Waals surface area contributed by atoms with Gasteiger partial charge in [-0.2, -0.15) is 4.98 Å². The molecule has 0 radical (unpaired) electrons.